The van der Waals surface area contributed by atoms with Gasteiger partial charge in [0.2, 0.25) is 0 Å². The number of nitrogens with zero attached hydrogens (tertiary/aromatic N) is 1. The molecule has 0 fully saturated rings. The molecule has 4 nitrogen and oxygen atoms in total. The quantitative estimate of drug-likeness (QED) is 0.851. The second-order valence-corrected chi connectivity index (χ2v) is 6.68. The van der Waals surface area contributed by atoms with Crippen LogP contribution < -0.4 is 4.74 Å². The van der Waals surface area contributed by atoms with Crippen LogP contribution in [0.25, 0.3) is 0 Å². The molecule has 0 unspecified atom stereocenters. The molecule has 5 heteroatoms. The Balaban J connectivity index is 2.05. The van der Waals surface area contributed by atoms with Crippen molar-refractivity contribution in [2.75, 3.05) is 12.4 Å². The van der Waals surface area contributed by atoms with Crippen molar-refractivity contribution in [3.8, 4) is 11.8 Å². The van der Waals surface area contributed by atoms with Crippen molar-refractivity contribution >= 4 is 9.84 Å². The number of rotatable bonds is 5. The fourth-order valence-corrected chi connectivity index (χ4v) is 2.99. The van der Waals surface area contributed by atoms with Crippen LogP contribution >= 0.6 is 0 Å². The van der Waals surface area contributed by atoms with E-state index in [-0.39, 0.29) is 17.3 Å². The molecule has 0 aliphatic rings. The number of aryl methyl sites for hydroxylation is 1. The normalized spacial score (nSPS) is 10.9. The predicted molar refractivity (Wildman–Crippen MR) is 79.9 cm³/mol. The average molecular weight is 301 g/mol. The van der Waals surface area contributed by atoms with Crippen LogP contribution in [0.4, 0.5) is 0 Å². The third-order valence-corrected chi connectivity index (χ3v) is 4.70. The molecule has 0 radical (unpaired) electrons. The van der Waals surface area contributed by atoms with Crippen molar-refractivity contribution in [2.24, 2.45) is 0 Å². The number of benzene rings is 2. The van der Waals surface area contributed by atoms with E-state index >= 15 is 0 Å². The molecule has 0 atom stereocenters. The highest BCUT2D eigenvalue weighted by Gasteiger charge is 2.15. The van der Waals surface area contributed by atoms with Gasteiger partial charge < -0.3 is 4.74 Å². The van der Waals surface area contributed by atoms with Gasteiger partial charge in [-0.1, -0.05) is 24.3 Å². The molecule has 0 heterocycles. The molecule has 21 heavy (non-hydrogen) atoms. The summed E-state index contributed by atoms with van der Waals surface area (Å²) >= 11 is 0. The monoisotopic (exact) mass is 301 g/mol. The fourth-order valence-electron chi connectivity index (χ4n) is 1.86. The molecule has 0 bridgehead atoms. The Morgan fingerprint density at radius 3 is 2.62 bits per heavy atom. The zero-order valence-electron chi connectivity index (χ0n) is 11.6. The van der Waals surface area contributed by atoms with Gasteiger partial charge in [0.25, 0.3) is 0 Å². The first-order valence-electron chi connectivity index (χ1n) is 6.44. The second-order valence-electron chi connectivity index (χ2n) is 4.57. The number of para-hydroxylation sites is 1. The summed E-state index contributed by atoms with van der Waals surface area (Å²) in [5.74, 6) is 0.550. The lowest BCUT2D eigenvalue weighted by Gasteiger charge is -2.09. The highest BCUT2D eigenvalue weighted by atomic mass is 32.2. The number of hydrogen-bond donors (Lipinski definition) is 0. The van der Waals surface area contributed by atoms with Gasteiger partial charge in [0.05, 0.1) is 22.3 Å². The minimum atomic E-state index is -3.45. The Bertz CT molecular complexity index is 776. The summed E-state index contributed by atoms with van der Waals surface area (Å²) in [6, 6.07) is 15.4. The van der Waals surface area contributed by atoms with Gasteiger partial charge in [-0.3, -0.25) is 0 Å². The first kappa shape index (κ1) is 15.1. The molecule has 2 aromatic rings. The molecule has 0 saturated heterocycles. The van der Waals surface area contributed by atoms with E-state index in [4.69, 9.17) is 10.00 Å². The molecular weight excluding hydrogens is 286 g/mol. The Morgan fingerprint density at radius 2 is 1.90 bits per heavy atom. The zero-order chi connectivity index (χ0) is 15.3. The van der Waals surface area contributed by atoms with E-state index in [2.05, 4.69) is 0 Å². The van der Waals surface area contributed by atoms with Gasteiger partial charge in [-0.15, -0.1) is 0 Å². The molecule has 0 amide bonds. The molecule has 0 aromatic heterocycles. The molecule has 108 valence electrons. The molecule has 2 rings (SSSR count). The summed E-state index contributed by atoms with van der Waals surface area (Å²) in [6.45, 7) is 1.98. The SMILES string of the molecule is Cc1ccccc1OCCS(=O)(=O)c1cccc(C#N)c1. The number of hydrogen-bond acceptors (Lipinski definition) is 4. The van der Waals surface area contributed by atoms with E-state index in [9.17, 15) is 8.42 Å². The summed E-state index contributed by atoms with van der Waals surface area (Å²) in [7, 11) is -3.45. The van der Waals surface area contributed by atoms with Crippen LogP contribution in [-0.4, -0.2) is 20.8 Å². The lowest BCUT2D eigenvalue weighted by Crippen LogP contribution is -2.14. The van der Waals surface area contributed by atoms with Crippen LogP contribution in [0.5, 0.6) is 5.75 Å². The average Bonchev–Trinajstić information content (AvgIpc) is 2.49. The summed E-state index contributed by atoms with van der Waals surface area (Å²) in [4.78, 5) is 0.148. The lowest BCUT2D eigenvalue weighted by molar-refractivity contribution is 0.338. The highest BCUT2D eigenvalue weighted by Crippen LogP contribution is 2.17. The van der Waals surface area contributed by atoms with Crippen LogP contribution in [0.1, 0.15) is 11.1 Å². The predicted octanol–water partition coefficient (Wildman–Crippen LogP) is 2.72. The minimum absolute atomic E-state index is 0.0734. The Hall–Kier alpha value is -2.32. The maximum atomic E-state index is 12.2. The third kappa shape index (κ3) is 3.83. The number of sulfone groups is 1. The van der Waals surface area contributed by atoms with Crippen LogP contribution in [0.3, 0.4) is 0 Å². The van der Waals surface area contributed by atoms with E-state index < -0.39 is 9.84 Å². The van der Waals surface area contributed by atoms with Crippen molar-refractivity contribution in [3.63, 3.8) is 0 Å². The van der Waals surface area contributed by atoms with E-state index in [0.29, 0.717) is 11.3 Å². The topological polar surface area (TPSA) is 67.2 Å². The lowest BCUT2D eigenvalue weighted by atomic mass is 10.2. The number of ether oxygens (including phenoxy) is 1. The molecule has 0 N–H and O–H groups in total. The van der Waals surface area contributed by atoms with Gasteiger partial charge >= 0.3 is 0 Å². The zero-order valence-corrected chi connectivity index (χ0v) is 12.4. The Labute approximate surface area is 124 Å². The first-order valence-corrected chi connectivity index (χ1v) is 8.09. The molecule has 2 aromatic carbocycles. The van der Waals surface area contributed by atoms with E-state index in [1.807, 2.05) is 31.2 Å². The van der Waals surface area contributed by atoms with E-state index in [1.54, 1.807) is 18.2 Å². The minimum Gasteiger partial charge on any atom is -0.492 e. The van der Waals surface area contributed by atoms with Gasteiger partial charge in [-0.05, 0) is 36.8 Å². The largest absolute Gasteiger partial charge is 0.492 e. The molecular formula is C16H15NO3S. The first-order chi connectivity index (χ1) is 10.0. The van der Waals surface area contributed by atoms with Gasteiger partial charge in [0.15, 0.2) is 9.84 Å². The summed E-state index contributed by atoms with van der Waals surface area (Å²) in [5.41, 5.74) is 1.29. The summed E-state index contributed by atoms with van der Waals surface area (Å²) < 4.78 is 29.9. The summed E-state index contributed by atoms with van der Waals surface area (Å²) in [6.07, 6.45) is 0. The molecule has 0 saturated carbocycles. The Kier molecular flexibility index (Phi) is 4.61. The van der Waals surface area contributed by atoms with Crippen molar-refractivity contribution in [2.45, 2.75) is 11.8 Å². The fraction of sp³-hybridized carbons (Fsp3) is 0.188. The van der Waals surface area contributed by atoms with Gasteiger partial charge in [0, 0.05) is 0 Å². The van der Waals surface area contributed by atoms with E-state index in [1.165, 1.54) is 12.1 Å². The van der Waals surface area contributed by atoms with Crippen LogP contribution in [0.15, 0.2) is 53.4 Å². The summed E-state index contributed by atoms with van der Waals surface area (Å²) in [5, 5.41) is 8.81. The maximum Gasteiger partial charge on any atom is 0.181 e. The van der Waals surface area contributed by atoms with Gasteiger partial charge in [0.1, 0.15) is 12.4 Å². The Morgan fingerprint density at radius 1 is 1.14 bits per heavy atom. The van der Waals surface area contributed by atoms with Crippen molar-refractivity contribution in [1.82, 2.24) is 0 Å². The molecule has 0 spiro atoms. The maximum absolute atomic E-state index is 12.2. The number of nitriles is 1. The van der Waals surface area contributed by atoms with Crippen molar-refractivity contribution < 1.29 is 13.2 Å². The molecule has 0 aliphatic heterocycles. The standard InChI is InChI=1S/C16H15NO3S/c1-13-5-2-3-8-16(13)20-9-10-21(18,19)15-7-4-6-14(11-15)12-17/h2-8,11H,9-10H2,1H3. The van der Waals surface area contributed by atoms with Crippen LogP contribution in [0.2, 0.25) is 0 Å². The van der Waals surface area contributed by atoms with Crippen LogP contribution in [0, 0.1) is 18.3 Å². The van der Waals surface area contributed by atoms with Crippen molar-refractivity contribution in [1.29, 1.82) is 5.26 Å². The van der Waals surface area contributed by atoms with Gasteiger partial charge in [-0.25, -0.2) is 8.42 Å². The molecule has 0 aliphatic carbocycles. The third-order valence-electron chi connectivity index (χ3n) is 3.03. The smallest absolute Gasteiger partial charge is 0.181 e. The highest BCUT2D eigenvalue weighted by molar-refractivity contribution is 7.91. The van der Waals surface area contributed by atoms with Crippen molar-refractivity contribution in [3.05, 3.63) is 59.7 Å². The van der Waals surface area contributed by atoms with Crippen LogP contribution in [-0.2, 0) is 9.84 Å². The second kappa shape index (κ2) is 6.42. The van der Waals surface area contributed by atoms with E-state index in [0.717, 1.165) is 5.56 Å². The van der Waals surface area contributed by atoms with Gasteiger partial charge in [-0.2, -0.15) is 5.26 Å².